The second-order valence-corrected chi connectivity index (χ2v) is 5.43. The number of carbonyl (C=O) groups is 2. The predicted octanol–water partition coefficient (Wildman–Crippen LogP) is 3.36. The lowest BCUT2D eigenvalue weighted by Gasteiger charge is -2.17. The van der Waals surface area contributed by atoms with E-state index >= 15 is 0 Å². The van der Waals surface area contributed by atoms with Gasteiger partial charge in [0.05, 0.1) is 18.2 Å². The first-order valence-electron chi connectivity index (χ1n) is 7.51. The van der Waals surface area contributed by atoms with E-state index in [-0.39, 0.29) is 12.0 Å². The average molecular weight is 369 g/mol. The van der Waals surface area contributed by atoms with Crippen molar-refractivity contribution in [3.63, 3.8) is 0 Å². The smallest absolute Gasteiger partial charge is 0.416 e. The maximum absolute atomic E-state index is 13.7. The first-order valence-corrected chi connectivity index (χ1v) is 7.51. The van der Waals surface area contributed by atoms with Gasteiger partial charge in [0.15, 0.2) is 0 Å². The van der Waals surface area contributed by atoms with E-state index in [0.717, 1.165) is 25.3 Å². The maximum atomic E-state index is 13.7. The normalized spacial score (nSPS) is 12.3. The van der Waals surface area contributed by atoms with Gasteiger partial charge in [-0.3, -0.25) is 4.79 Å². The number of ether oxygens (including phenoxy) is 1. The summed E-state index contributed by atoms with van der Waals surface area (Å²) in [5.41, 5.74) is -0.706. The molecule has 2 aromatic rings. The predicted molar refractivity (Wildman–Crippen MR) is 84.8 cm³/mol. The van der Waals surface area contributed by atoms with Gasteiger partial charge in [-0.25, -0.2) is 9.18 Å². The van der Waals surface area contributed by atoms with Crippen LogP contribution < -0.4 is 5.32 Å². The molecule has 4 nitrogen and oxygen atoms in total. The monoisotopic (exact) mass is 369 g/mol. The third-order valence-electron chi connectivity index (χ3n) is 3.63. The Labute approximate surface area is 146 Å². The van der Waals surface area contributed by atoms with Crippen molar-refractivity contribution in [3.05, 3.63) is 71.0 Å². The molecule has 8 heteroatoms. The van der Waals surface area contributed by atoms with E-state index in [2.05, 4.69) is 10.1 Å². The van der Waals surface area contributed by atoms with Gasteiger partial charge in [0.25, 0.3) is 5.91 Å². The van der Waals surface area contributed by atoms with Gasteiger partial charge in [0.1, 0.15) is 11.9 Å². The van der Waals surface area contributed by atoms with E-state index in [1.807, 2.05) is 0 Å². The number of hydrogen-bond donors (Lipinski definition) is 1. The van der Waals surface area contributed by atoms with Crippen LogP contribution in [0.2, 0.25) is 0 Å². The highest BCUT2D eigenvalue weighted by Crippen LogP contribution is 2.29. The van der Waals surface area contributed by atoms with Crippen molar-refractivity contribution in [1.29, 1.82) is 0 Å². The molecule has 0 heterocycles. The fourth-order valence-electron chi connectivity index (χ4n) is 2.28. The second kappa shape index (κ2) is 7.99. The largest absolute Gasteiger partial charge is 0.467 e. The van der Waals surface area contributed by atoms with Crippen LogP contribution in [0.4, 0.5) is 17.6 Å². The highest BCUT2D eigenvalue weighted by Gasteiger charge is 2.30. The minimum absolute atomic E-state index is 0.106. The fourth-order valence-corrected chi connectivity index (χ4v) is 2.28. The van der Waals surface area contributed by atoms with Crippen molar-refractivity contribution in [1.82, 2.24) is 5.32 Å². The summed E-state index contributed by atoms with van der Waals surface area (Å²) in [7, 11) is 1.11. The Morgan fingerprint density at radius 2 is 1.69 bits per heavy atom. The molecular weight excluding hydrogens is 354 g/mol. The van der Waals surface area contributed by atoms with Crippen molar-refractivity contribution in [3.8, 4) is 0 Å². The molecule has 0 spiro atoms. The Morgan fingerprint density at radius 3 is 2.23 bits per heavy atom. The number of halogens is 4. The van der Waals surface area contributed by atoms with E-state index in [0.29, 0.717) is 5.56 Å². The molecular formula is C18H15F4NO3. The summed E-state index contributed by atoms with van der Waals surface area (Å²) >= 11 is 0. The van der Waals surface area contributed by atoms with Crippen molar-refractivity contribution in [2.75, 3.05) is 7.11 Å². The molecule has 0 bridgehead atoms. The zero-order chi connectivity index (χ0) is 19.3. The summed E-state index contributed by atoms with van der Waals surface area (Å²) in [6.07, 6.45) is -4.58. The van der Waals surface area contributed by atoms with Gasteiger partial charge < -0.3 is 10.1 Å². The quantitative estimate of drug-likeness (QED) is 0.650. The van der Waals surface area contributed by atoms with E-state index < -0.39 is 35.5 Å². The molecule has 0 aliphatic heterocycles. The lowest BCUT2D eigenvalue weighted by molar-refractivity contribution is -0.143. The number of hydrogen-bond acceptors (Lipinski definition) is 3. The molecule has 2 aromatic carbocycles. The van der Waals surface area contributed by atoms with Crippen LogP contribution in [-0.2, 0) is 22.1 Å². The van der Waals surface area contributed by atoms with Crippen molar-refractivity contribution in [2.45, 2.75) is 18.6 Å². The van der Waals surface area contributed by atoms with Crippen LogP contribution in [0, 0.1) is 5.82 Å². The first kappa shape index (κ1) is 19.4. The van der Waals surface area contributed by atoms with Crippen LogP contribution in [0.25, 0.3) is 0 Å². The van der Waals surface area contributed by atoms with Gasteiger partial charge >= 0.3 is 12.1 Å². The zero-order valence-electron chi connectivity index (χ0n) is 13.6. The number of esters is 1. The van der Waals surface area contributed by atoms with Crippen molar-refractivity contribution < 1.29 is 31.9 Å². The SMILES string of the molecule is COC(=O)[C@H](Cc1ccc(C(F)(F)F)cc1)NC(=O)c1ccccc1F. The van der Waals surface area contributed by atoms with Gasteiger partial charge in [-0.15, -0.1) is 0 Å². The van der Waals surface area contributed by atoms with Gasteiger partial charge in [-0.1, -0.05) is 24.3 Å². The van der Waals surface area contributed by atoms with Gasteiger partial charge in [0.2, 0.25) is 0 Å². The first-order chi connectivity index (χ1) is 12.2. The Kier molecular flexibility index (Phi) is 5.97. The lowest BCUT2D eigenvalue weighted by atomic mass is 10.0. The average Bonchev–Trinajstić information content (AvgIpc) is 2.60. The van der Waals surface area contributed by atoms with Crippen LogP contribution in [-0.4, -0.2) is 25.0 Å². The van der Waals surface area contributed by atoms with Crippen LogP contribution in [0.1, 0.15) is 21.5 Å². The molecule has 1 atom stereocenters. The van der Waals surface area contributed by atoms with Crippen LogP contribution in [0.15, 0.2) is 48.5 Å². The summed E-state index contributed by atoms with van der Waals surface area (Å²) in [4.78, 5) is 24.0. The molecule has 0 aliphatic carbocycles. The number of benzene rings is 2. The topological polar surface area (TPSA) is 55.4 Å². The van der Waals surface area contributed by atoms with Gasteiger partial charge in [0, 0.05) is 6.42 Å². The summed E-state index contributed by atoms with van der Waals surface area (Å²) in [5, 5.41) is 2.34. The van der Waals surface area contributed by atoms with Crippen molar-refractivity contribution >= 4 is 11.9 Å². The number of rotatable bonds is 5. The third kappa shape index (κ3) is 4.81. The molecule has 0 aromatic heterocycles. The molecule has 0 radical (unpaired) electrons. The molecule has 1 amide bonds. The van der Waals surface area contributed by atoms with Gasteiger partial charge in [-0.2, -0.15) is 13.2 Å². The number of alkyl halides is 3. The summed E-state index contributed by atoms with van der Waals surface area (Å²) in [5.74, 6) is -2.39. The zero-order valence-corrected chi connectivity index (χ0v) is 13.6. The number of nitrogens with one attached hydrogen (secondary N) is 1. The number of methoxy groups -OCH3 is 1. The van der Waals surface area contributed by atoms with E-state index in [4.69, 9.17) is 0 Å². The Hall–Kier alpha value is -2.90. The molecule has 0 saturated heterocycles. The number of carbonyl (C=O) groups excluding carboxylic acids is 2. The van der Waals surface area contributed by atoms with Crippen LogP contribution in [0.5, 0.6) is 0 Å². The molecule has 0 saturated carbocycles. The Morgan fingerprint density at radius 1 is 1.08 bits per heavy atom. The van der Waals surface area contributed by atoms with Crippen molar-refractivity contribution in [2.24, 2.45) is 0 Å². The van der Waals surface area contributed by atoms with Crippen LogP contribution >= 0.6 is 0 Å². The number of amides is 1. The third-order valence-corrected chi connectivity index (χ3v) is 3.63. The van der Waals surface area contributed by atoms with E-state index in [9.17, 15) is 27.2 Å². The Bertz CT molecular complexity index is 788. The van der Waals surface area contributed by atoms with Gasteiger partial charge in [-0.05, 0) is 29.8 Å². The molecule has 0 aliphatic rings. The molecule has 0 fully saturated rings. The minimum atomic E-state index is -4.47. The molecule has 2 rings (SSSR count). The molecule has 0 unspecified atom stereocenters. The molecule has 138 valence electrons. The molecule has 26 heavy (non-hydrogen) atoms. The Balaban J connectivity index is 2.16. The second-order valence-electron chi connectivity index (χ2n) is 5.43. The standard InChI is InChI=1S/C18H15F4NO3/c1-26-17(25)15(23-16(24)13-4-2-3-5-14(13)19)10-11-6-8-12(9-7-11)18(20,21)22/h2-9,15H,10H2,1H3,(H,23,24)/t15-/m0/s1. The minimum Gasteiger partial charge on any atom is -0.467 e. The molecule has 1 N–H and O–H groups in total. The summed E-state index contributed by atoms with van der Waals surface area (Å²) < 4.78 is 56.1. The maximum Gasteiger partial charge on any atom is 0.416 e. The van der Waals surface area contributed by atoms with E-state index in [1.54, 1.807) is 0 Å². The lowest BCUT2D eigenvalue weighted by Crippen LogP contribution is -2.43. The van der Waals surface area contributed by atoms with E-state index in [1.165, 1.54) is 30.3 Å². The summed E-state index contributed by atoms with van der Waals surface area (Å²) in [6, 6.07) is 8.19. The highest BCUT2D eigenvalue weighted by molar-refractivity contribution is 5.97. The summed E-state index contributed by atoms with van der Waals surface area (Å²) in [6.45, 7) is 0. The fraction of sp³-hybridized carbons (Fsp3) is 0.222. The van der Waals surface area contributed by atoms with Crippen LogP contribution in [0.3, 0.4) is 0 Å². The highest BCUT2D eigenvalue weighted by atomic mass is 19.4.